The number of ether oxygens (including phenoxy) is 1. The van der Waals surface area contributed by atoms with E-state index in [1.165, 1.54) is 8.61 Å². The van der Waals surface area contributed by atoms with E-state index in [-0.39, 0.29) is 6.61 Å². The summed E-state index contributed by atoms with van der Waals surface area (Å²) in [6.45, 7) is 5.56. The molecule has 2 N–H and O–H groups in total. The molecule has 0 aromatic heterocycles. The van der Waals surface area contributed by atoms with Gasteiger partial charge in [-0.3, -0.25) is 0 Å². The fourth-order valence-corrected chi connectivity index (χ4v) is 3.25. The van der Waals surface area contributed by atoms with Gasteiger partial charge in [0, 0.05) is 19.6 Å². The van der Waals surface area contributed by atoms with E-state index in [0.29, 0.717) is 26.2 Å². The molecule has 0 aromatic rings. The van der Waals surface area contributed by atoms with Crippen molar-refractivity contribution in [2.75, 3.05) is 32.8 Å². The first-order valence-corrected chi connectivity index (χ1v) is 6.54. The smallest absolute Gasteiger partial charge is 0.283 e. The van der Waals surface area contributed by atoms with Gasteiger partial charge in [-0.25, -0.2) is 0 Å². The highest BCUT2D eigenvalue weighted by molar-refractivity contribution is 7.86. The molecule has 1 atom stereocenters. The largest absolute Gasteiger partial charge is 0.377 e. The van der Waals surface area contributed by atoms with Crippen LogP contribution >= 0.6 is 0 Å². The molecule has 1 aliphatic heterocycles. The van der Waals surface area contributed by atoms with Crippen LogP contribution in [0.2, 0.25) is 0 Å². The molecule has 0 radical (unpaired) electrons. The lowest BCUT2D eigenvalue weighted by atomic mass is 10.4. The summed E-state index contributed by atoms with van der Waals surface area (Å²) in [6.07, 6.45) is -0.565. The van der Waals surface area contributed by atoms with E-state index < -0.39 is 16.4 Å². The van der Waals surface area contributed by atoms with Gasteiger partial charge in [0.05, 0.1) is 19.4 Å². The summed E-state index contributed by atoms with van der Waals surface area (Å²) in [4.78, 5) is 0. The van der Waals surface area contributed by atoms with Crippen molar-refractivity contribution in [1.29, 1.82) is 0 Å². The lowest BCUT2D eigenvalue weighted by Crippen LogP contribution is -2.57. The van der Waals surface area contributed by atoms with Crippen molar-refractivity contribution in [2.24, 2.45) is 5.73 Å². The summed E-state index contributed by atoms with van der Waals surface area (Å²) in [5.41, 5.74) is 5.71. The summed E-state index contributed by atoms with van der Waals surface area (Å²) in [5.74, 6) is 0. The molecule has 0 spiro atoms. The van der Waals surface area contributed by atoms with Gasteiger partial charge in [0.25, 0.3) is 10.2 Å². The third-order valence-electron chi connectivity index (χ3n) is 2.44. The zero-order chi connectivity index (χ0) is 11.5. The first-order valence-electron chi connectivity index (χ1n) is 5.14. The summed E-state index contributed by atoms with van der Waals surface area (Å²) in [6, 6.07) is 0. The lowest BCUT2D eigenvalue weighted by Gasteiger charge is -2.35. The van der Waals surface area contributed by atoms with Gasteiger partial charge in [-0.1, -0.05) is 13.8 Å². The molecular weight excluding hydrogens is 218 g/mol. The molecule has 0 aromatic carbocycles. The van der Waals surface area contributed by atoms with Gasteiger partial charge < -0.3 is 10.5 Å². The Morgan fingerprint density at radius 1 is 1.47 bits per heavy atom. The molecule has 1 aliphatic rings. The predicted molar refractivity (Wildman–Crippen MR) is 57.3 cm³/mol. The van der Waals surface area contributed by atoms with Crippen molar-refractivity contribution < 1.29 is 13.2 Å². The highest BCUT2D eigenvalue weighted by Crippen LogP contribution is 2.13. The Bertz CT molecular complexity index is 290. The minimum Gasteiger partial charge on any atom is -0.377 e. The highest BCUT2D eigenvalue weighted by atomic mass is 32.2. The van der Waals surface area contributed by atoms with Gasteiger partial charge >= 0.3 is 0 Å². The second-order valence-corrected chi connectivity index (χ2v) is 5.23. The van der Waals surface area contributed by atoms with E-state index in [0.717, 1.165) is 0 Å². The molecule has 6 nitrogen and oxygen atoms in total. The Hall–Kier alpha value is -0.210. The zero-order valence-corrected chi connectivity index (χ0v) is 10.0. The standard InChI is InChI=1S/C8H19N3O3S/c1-3-10(4-2)15(12,13)11-5-6-14-7-8(11)9/h8H,3-7,9H2,1-2H3. The van der Waals surface area contributed by atoms with Crippen LogP contribution < -0.4 is 5.73 Å². The van der Waals surface area contributed by atoms with Crippen LogP contribution in [0.15, 0.2) is 0 Å². The van der Waals surface area contributed by atoms with Gasteiger partial charge in [-0.15, -0.1) is 0 Å². The number of hydrogen-bond acceptors (Lipinski definition) is 4. The first kappa shape index (κ1) is 12.9. The Balaban J connectivity index is 2.83. The first-order chi connectivity index (χ1) is 7.04. The van der Waals surface area contributed by atoms with Gasteiger partial charge in [0.1, 0.15) is 0 Å². The van der Waals surface area contributed by atoms with Gasteiger partial charge in [-0.2, -0.15) is 17.0 Å². The van der Waals surface area contributed by atoms with Crippen LogP contribution in [-0.2, 0) is 14.9 Å². The van der Waals surface area contributed by atoms with E-state index >= 15 is 0 Å². The Morgan fingerprint density at radius 2 is 2.07 bits per heavy atom. The number of hydrogen-bond donors (Lipinski definition) is 1. The predicted octanol–water partition coefficient (Wildman–Crippen LogP) is -0.810. The topological polar surface area (TPSA) is 75.9 Å². The van der Waals surface area contributed by atoms with Crippen molar-refractivity contribution in [3.63, 3.8) is 0 Å². The van der Waals surface area contributed by atoms with E-state index in [2.05, 4.69) is 0 Å². The molecule has 90 valence electrons. The summed E-state index contributed by atoms with van der Waals surface area (Å²) >= 11 is 0. The molecule has 1 saturated heterocycles. The van der Waals surface area contributed by atoms with Crippen LogP contribution in [0.3, 0.4) is 0 Å². The van der Waals surface area contributed by atoms with Gasteiger partial charge in [0.2, 0.25) is 0 Å². The molecule has 0 bridgehead atoms. The third kappa shape index (κ3) is 2.67. The van der Waals surface area contributed by atoms with Crippen molar-refractivity contribution in [2.45, 2.75) is 20.0 Å². The minimum atomic E-state index is -3.41. The summed E-state index contributed by atoms with van der Waals surface area (Å²) < 4.78 is 32.0. The number of rotatable bonds is 4. The average molecular weight is 237 g/mol. The summed E-state index contributed by atoms with van der Waals surface area (Å²) in [7, 11) is -3.41. The molecule has 0 aliphatic carbocycles. The monoisotopic (exact) mass is 237 g/mol. The molecular formula is C8H19N3O3S. The molecule has 1 unspecified atom stereocenters. The average Bonchev–Trinajstić information content (AvgIpc) is 2.19. The minimum absolute atomic E-state index is 0.264. The molecule has 1 heterocycles. The molecule has 0 saturated carbocycles. The van der Waals surface area contributed by atoms with Crippen LogP contribution in [-0.4, -0.2) is 56.0 Å². The normalized spacial score (nSPS) is 24.7. The zero-order valence-electron chi connectivity index (χ0n) is 9.22. The van der Waals surface area contributed by atoms with Gasteiger partial charge in [-0.05, 0) is 0 Å². The fraction of sp³-hybridized carbons (Fsp3) is 1.00. The molecule has 1 fully saturated rings. The number of nitrogens with zero attached hydrogens (tertiary/aromatic N) is 2. The van der Waals surface area contributed by atoms with E-state index in [1.54, 1.807) is 0 Å². The maximum atomic E-state index is 12.1. The second-order valence-electron chi connectivity index (χ2n) is 3.35. The summed E-state index contributed by atoms with van der Waals surface area (Å²) in [5, 5.41) is 0. The van der Waals surface area contributed by atoms with Crippen molar-refractivity contribution in [3.8, 4) is 0 Å². The van der Waals surface area contributed by atoms with Crippen LogP contribution in [0.4, 0.5) is 0 Å². The Labute approximate surface area is 91.2 Å². The molecule has 15 heavy (non-hydrogen) atoms. The van der Waals surface area contributed by atoms with Crippen LogP contribution in [0.5, 0.6) is 0 Å². The fourth-order valence-electron chi connectivity index (χ4n) is 1.59. The third-order valence-corrected chi connectivity index (χ3v) is 4.66. The van der Waals surface area contributed by atoms with E-state index in [4.69, 9.17) is 10.5 Å². The maximum absolute atomic E-state index is 12.1. The lowest BCUT2D eigenvalue weighted by molar-refractivity contribution is 0.0322. The van der Waals surface area contributed by atoms with Crippen molar-refractivity contribution in [1.82, 2.24) is 8.61 Å². The van der Waals surface area contributed by atoms with Crippen LogP contribution in [0, 0.1) is 0 Å². The van der Waals surface area contributed by atoms with Crippen molar-refractivity contribution in [3.05, 3.63) is 0 Å². The number of nitrogens with two attached hydrogens (primary N) is 1. The Kier molecular flexibility index (Phi) is 4.47. The SMILES string of the molecule is CCN(CC)S(=O)(=O)N1CCOCC1N. The maximum Gasteiger partial charge on any atom is 0.283 e. The second kappa shape index (κ2) is 5.22. The number of morpholine rings is 1. The van der Waals surface area contributed by atoms with Crippen LogP contribution in [0.1, 0.15) is 13.8 Å². The molecule has 0 amide bonds. The van der Waals surface area contributed by atoms with E-state index in [9.17, 15) is 8.42 Å². The van der Waals surface area contributed by atoms with E-state index in [1.807, 2.05) is 13.8 Å². The van der Waals surface area contributed by atoms with Crippen LogP contribution in [0.25, 0.3) is 0 Å². The molecule has 1 rings (SSSR count). The molecule has 7 heteroatoms. The van der Waals surface area contributed by atoms with Crippen molar-refractivity contribution >= 4 is 10.2 Å². The quantitative estimate of drug-likeness (QED) is 0.694. The highest BCUT2D eigenvalue weighted by Gasteiger charge is 2.33. The Morgan fingerprint density at radius 3 is 2.53 bits per heavy atom. The van der Waals surface area contributed by atoms with Gasteiger partial charge in [0.15, 0.2) is 0 Å².